The Hall–Kier alpha value is -1.29. The molecule has 0 radical (unpaired) electrons. The highest BCUT2D eigenvalue weighted by Gasteiger charge is 2.26. The molecule has 100 valence electrons. The molecular weight excluding hydrogens is 226 g/mol. The van der Waals surface area contributed by atoms with Crippen LogP contribution in [0.15, 0.2) is 18.5 Å². The number of anilines is 2. The Bertz CT molecular complexity index is 370. The molecule has 1 aliphatic heterocycles. The molecular formula is C14H23N3O. The number of ether oxygens (including phenoxy) is 1. The first-order chi connectivity index (χ1) is 8.83. The van der Waals surface area contributed by atoms with Crippen LogP contribution in [0.3, 0.4) is 0 Å². The lowest BCUT2D eigenvalue weighted by atomic mass is 10.00. The van der Waals surface area contributed by atoms with Crippen LogP contribution in [-0.2, 0) is 4.74 Å². The lowest BCUT2D eigenvalue weighted by Gasteiger charge is -2.18. The molecule has 0 amide bonds. The van der Waals surface area contributed by atoms with E-state index < -0.39 is 0 Å². The van der Waals surface area contributed by atoms with Gasteiger partial charge in [-0.05, 0) is 25.8 Å². The van der Waals surface area contributed by atoms with E-state index in [0.29, 0.717) is 12.0 Å². The summed E-state index contributed by atoms with van der Waals surface area (Å²) in [4.78, 5) is 4.23. The first-order valence-corrected chi connectivity index (χ1v) is 6.87. The molecule has 18 heavy (non-hydrogen) atoms. The zero-order valence-electron chi connectivity index (χ0n) is 11.3. The van der Waals surface area contributed by atoms with Gasteiger partial charge in [0.05, 0.1) is 29.9 Å². The van der Waals surface area contributed by atoms with E-state index in [2.05, 4.69) is 35.5 Å². The monoisotopic (exact) mass is 249 g/mol. The van der Waals surface area contributed by atoms with Crippen LogP contribution in [0.1, 0.15) is 26.7 Å². The van der Waals surface area contributed by atoms with E-state index in [1.54, 1.807) is 0 Å². The van der Waals surface area contributed by atoms with Crippen LogP contribution in [0.2, 0.25) is 0 Å². The maximum absolute atomic E-state index is 5.70. The molecule has 4 nitrogen and oxygen atoms in total. The second kappa shape index (κ2) is 6.59. The van der Waals surface area contributed by atoms with Gasteiger partial charge in [-0.1, -0.05) is 6.92 Å². The second-order valence-corrected chi connectivity index (χ2v) is 4.74. The van der Waals surface area contributed by atoms with Crippen molar-refractivity contribution in [2.45, 2.75) is 32.8 Å². The normalized spacial score (nSPS) is 23.0. The van der Waals surface area contributed by atoms with Crippen molar-refractivity contribution in [1.82, 2.24) is 4.98 Å². The predicted octanol–water partition coefficient (Wildman–Crippen LogP) is 2.74. The highest BCUT2D eigenvalue weighted by atomic mass is 16.5. The van der Waals surface area contributed by atoms with Crippen LogP contribution in [0.5, 0.6) is 0 Å². The standard InChI is InChI=1S/C14H23N3O/c1-3-14-11(5-6-18-14)8-17-13-7-12(16-4-2)9-15-10-13/h7,9-11,14,16-17H,3-6,8H2,1-2H3. The number of hydrogen-bond acceptors (Lipinski definition) is 4. The summed E-state index contributed by atoms with van der Waals surface area (Å²) in [5.74, 6) is 0.623. The molecule has 0 spiro atoms. The minimum absolute atomic E-state index is 0.419. The zero-order chi connectivity index (χ0) is 12.8. The average molecular weight is 249 g/mol. The summed E-state index contributed by atoms with van der Waals surface area (Å²) >= 11 is 0. The highest BCUT2D eigenvalue weighted by Crippen LogP contribution is 2.24. The van der Waals surface area contributed by atoms with E-state index in [9.17, 15) is 0 Å². The summed E-state index contributed by atoms with van der Waals surface area (Å²) < 4.78 is 5.70. The van der Waals surface area contributed by atoms with Gasteiger partial charge in [-0.2, -0.15) is 0 Å². The quantitative estimate of drug-likeness (QED) is 0.814. The van der Waals surface area contributed by atoms with Crippen LogP contribution in [-0.4, -0.2) is 30.8 Å². The smallest absolute Gasteiger partial charge is 0.0618 e. The molecule has 2 rings (SSSR count). The molecule has 2 atom stereocenters. The van der Waals surface area contributed by atoms with Crippen LogP contribution in [0.25, 0.3) is 0 Å². The number of nitrogens with one attached hydrogen (secondary N) is 2. The van der Waals surface area contributed by atoms with E-state index in [-0.39, 0.29) is 0 Å². The maximum atomic E-state index is 5.70. The molecule has 2 unspecified atom stereocenters. The van der Waals surface area contributed by atoms with Gasteiger partial charge in [0, 0.05) is 25.6 Å². The van der Waals surface area contributed by atoms with Gasteiger partial charge in [0.15, 0.2) is 0 Å². The summed E-state index contributed by atoms with van der Waals surface area (Å²) in [7, 11) is 0. The third kappa shape index (κ3) is 3.35. The van der Waals surface area contributed by atoms with Crippen molar-refractivity contribution in [2.75, 3.05) is 30.3 Å². The zero-order valence-corrected chi connectivity index (χ0v) is 11.3. The van der Waals surface area contributed by atoms with E-state index in [1.165, 1.54) is 0 Å². The van der Waals surface area contributed by atoms with Gasteiger partial charge in [0.1, 0.15) is 0 Å². The van der Waals surface area contributed by atoms with Gasteiger partial charge in [0.25, 0.3) is 0 Å². The summed E-state index contributed by atoms with van der Waals surface area (Å²) in [6, 6.07) is 2.10. The summed E-state index contributed by atoms with van der Waals surface area (Å²) in [5, 5.41) is 6.74. The van der Waals surface area contributed by atoms with Gasteiger partial charge in [-0.15, -0.1) is 0 Å². The Morgan fingerprint density at radius 2 is 2.06 bits per heavy atom. The number of nitrogens with zero attached hydrogens (tertiary/aromatic N) is 1. The molecule has 0 bridgehead atoms. The summed E-state index contributed by atoms with van der Waals surface area (Å²) in [6.45, 7) is 7.06. The van der Waals surface area contributed by atoms with Crippen LogP contribution >= 0.6 is 0 Å². The van der Waals surface area contributed by atoms with Gasteiger partial charge in [-0.25, -0.2) is 0 Å². The fourth-order valence-electron chi connectivity index (χ4n) is 2.46. The Morgan fingerprint density at radius 3 is 2.78 bits per heavy atom. The topological polar surface area (TPSA) is 46.2 Å². The van der Waals surface area contributed by atoms with E-state index in [4.69, 9.17) is 4.74 Å². The number of pyridine rings is 1. The average Bonchev–Trinajstić information content (AvgIpc) is 2.84. The van der Waals surface area contributed by atoms with Crippen molar-refractivity contribution in [3.05, 3.63) is 18.5 Å². The lowest BCUT2D eigenvalue weighted by Crippen LogP contribution is -2.22. The molecule has 1 saturated heterocycles. The number of aromatic nitrogens is 1. The minimum atomic E-state index is 0.419. The molecule has 1 aromatic heterocycles. The van der Waals surface area contributed by atoms with Crippen LogP contribution < -0.4 is 10.6 Å². The predicted molar refractivity (Wildman–Crippen MR) is 75.0 cm³/mol. The third-order valence-corrected chi connectivity index (χ3v) is 3.44. The SMILES string of the molecule is CCNc1cncc(NCC2CCOC2CC)c1. The number of hydrogen-bond donors (Lipinski definition) is 2. The number of rotatable bonds is 6. The maximum Gasteiger partial charge on any atom is 0.0618 e. The minimum Gasteiger partial charge on any atom is -0.384 e. The third-order valence-electron chi connectivity index (χ3n) is 3.44. The van der Waals surface area contributed by atoms with Crippen molar-refractivity contribution in [3.8, 4) is 0 Å². The fourth-order valence-corrected chi connectivity index (χ4v) is 2.46. The molecule has 2 N–H and O–H groups in total. The summed E-state index contributed by atoms with van der Waals surface area (Å²) in [6.07, 6.45) is 6.40. The van der Waals surface area contributed by atoms with Crippen molar-refractivity contribution >= 4 is 11.4 Å². The molecule has 0 aliphatic carbocycles. The van der Waals surface area contributed by atoms with Crippen LogP contribution in [0.4, 0.5) is 11.4 Å². The molecule has 1 aliphatic rings. The first kappa shape index (κ1) is 13.1. The lowest BCUT2D eigenvalue weighted by molar-refractivity contribution is 0.0900. The van der Waals surface area contributed by atoms with E-state index >= 15 is 0 Å². The van der Waals surface area contributed by atoms with Crippen molar-refractivity contribution in [2.24, 2.45) is 5.92 Å². The molecule has 2 heterocycles. The van der Waals surface area contributed by atoms with Gasteiger partial charge in [0.2, 0.25) is 0 Å². The van der Waals surface area contributed by atoms with Crippen molar-refractivity contribution in [3.63, 3.8) is 0 Å². The van der Waals surface area contributed by atoms with E-state index in [1.807, 2.05) is 12.4 Å². The van der Waals surface area contributed by atoms with Gasteiger partial charge >= 0.3 is 0 Å². The second-order valence-electron chi connectivity index (χ2n) is 4.74. The Balaban J connectivity index is 1.87. The molecule has 4 heteroatoms. The van der Waals surface area contributed by atoms with Crippen molar-refractivity contribution in [1.29, 1.82) is 0 Å². The molecule has 0 saturated carbocycles. The first-order valence-electron chi connectivity index (χ1n) is 6.87. The molecule has 1 fully saturated rings. The largest absolute Gasteiger partial charge is 0.384 e. The highest BCUT2D eigenvalue weighted by molar-refractivity contribution is 5.53. The summed E-state index contributed by atoms with van der Waals surface area (Å²) in [5.41, 5.74) is 2.15. The van der Waals surface area contributed by atoms with E-state index in [0.717, 1.165) is 43.9 Å². The Morgan fingerprint density at radius 1 is 1.28 bits per heavy atom. The van der Waals surface area contributed by atoms with Gasteiger partial charge < -0.3 is 15.4 Å². The van der Waals surface area contributed by atoms with Gasteiger partial charge in [-0.3, -0.25) is 4.98 Å². The van der Waals surface area contributed by atoms with Crippen LogP contribution in [0, 0.1) is 5.92 Å². The fraction of sp³-hybridized carbons (Fsp3) is 0.643. The molecule has 0 aromatic carbocycles. The Labute approximate surface area is 109 Å². The van der Waals surface area contributed by atoms with Crippen molar-refractivity contribution < 1.29 is 4.74 Å². The Kier molecular flexibility index (Phi) is 4.81. The molecule has 1 aromatic rings.